The zero-order valence-corrected chi connectivity index (χ0v) is 21.0. The summed E-state index contributed by atoms with van der Waals surface area (Å²) in [5.41, 5.74) is 8.17. The number of aryl methyl sites for hydroxylation is 1. The van der Waals surface area contributed by atoms with Gasteiger partial charge in [-0.05, 0) is 43.5 Å². The molecule has 0 saturated carbocycles. The molecule has 3 saturated heterocycles. The van der Waals surface area contributed by atoms with E-state index in [1.165, 1.54) is 31.6 Å². The molecule has 3 N–H and O–H groups in total. The number of piperidine rings is 1. The van der Waals surface area contributed by atoms with Gasteiger partial charge in [-0.2, -0.15) is 0 Å². The Morgan fingerprint density at radius 1 is 1.03 bits per heavy atom. The molecule has 2 aromatic rings. The molecule has 3 fully saturated rings. The van der Waals surface area contributed by atoms with Crippen molar-refractivity contribution in [3.05, 3.63) is 40.8 Å². The number of rotatable bonds is 7. The van der Waals surface area contributed by atoms with Crippen molar-refractivity contribution in [3.8, 4) is 0 Å². The summed E-state index contributed by atoms with van der Waals surface area (Å²) in [6, 6.07) is 9.49. The van der Waals surface area contributed by atoms with E-state index in [0.717, 1.165) is 45.1 Å². The Bertz CT molecular complexity index is 1030. The number of primary amides is 1. The van der Waals surface area contributed by atoms with Crippen molar-refractivity contribution < 1.29 is 9.53 Å². The van der Waals surface area contributed by atoms with Gasteiger partial charge >= 0.3 is 0 Å². The maximum Gasteiger partial charge on any atom is 0.271 e. The molecule has 4 heterocycles. The van der Waals surface area contributed by atoms with Crippen molar-refractivity contribution in [2.24, 2.45) is 5.73 Å². The lowest BCUT2D eigenvalue weighted by molar-refractivity contribution is -0.0803. The minimum Gasteiger partial charge on any atom is -0.378 e. The number of halogens is 1. The van der Waals surface area contributed by atoms with Gasteiger partial charge in [0.15, 0.2) is 16.7 Å². The minimum atomic E-state index is -0.635. The summed E-state index contributed by atoms with van der Waals surface area (Å²) in [7, 11) is 0. The summed E-state index contributed by atoms with van der Waals surface area (Å²) < 4.78 is 5.36. The number of nitrogens with zero attached hydrogens (tertiary/aromatic N) is 5. The van der Waals surface area contributed by atoms with Gasteiger partial charge in [-0.25, -0.2) is 9.97 Å². The third kappa shape index (κ3) is 5.38. The van der Waals surface area contributed by atoms with Gasteiger partial charge in [0, 0.05) is 56.7 Å². The maximum absolute atomic E-state index is 11.9. The average molecular weight is 500 g/mol. The third-order valence-electron chi connectivity index (χ3n) is 7.45. The van der Waals surface area contributed by atoms with Gasteiger partial charge in [-0.3, -0.25) is 14.6 Å². The molecule has 0 bridgehead atoms. The number of nitrogens with two attached hydrogens (primary N) is 1. The number of anilines is 3. The molecule has 0 unspecified atom stereocenters. The van der Waals surface area contributed by atoms with Gasteiger partial charge in [-0.1, -0.05) is 18.5 Å². The van der Waals surface area contributed by atoms with Crippen molar-refractivity contribution in [2.75, 3.05) is 62.7 Å². The lowest BCUT2D eigenvalue weighted by Crippen LogP contribution is -2.59. The van der Waals surface area contributed by atoms with Crippen molar-refractivity contribution in [2.45, 2.75) is 38.3 Å². The predicted molar refractivity (Wildman–Crippen MR) is 138 cm³/mol. The van der Waals surface area contributed by atoms with E-state index in [4.69, 9.17) is 22.1 Å². The molecule has 0 spiro atoms. The maximum atomic E-state index is 11.9. The summed E-state index contributed by atoms with van der Waals surface area (Å²) in [4.78, 5) is 28.2. The van der Waals surface area contributed by atoms with E-state index >= 15 is 0 Å². The van der Waals surface area contributed by atoms with E-state index in [1.807, 2.05) is 19.1 Å². The summed E-state index contributed by atoms with van der Waals surface area (Å²) in [5, 5.41) is 3.43. The number of amides is 1. The van der Waals surface area contributed by atoms with E-state index in [9.17, 15) is 4.79 Å². The fourth-order valence-corrected chi connectivity index (χ4v) is 5.48. The Balaban J connectivity index is 1.15. The molecule has 188 valence electrons. The van der Waals surface area contributed by atoms with Gasteiger partial charge in [0.25, 0.3) is 5.91 Å². The molecular weight excluding hydrogens is 466 g/mol. The van der Waals surface area contributed by atoms with Gasteiger partial charge in [0.05, 0.1) is 24.9 Å². The standard InChI is InChI=1S/C25H34ClN7O2/c1-2-21-23(26)30-25(22(29-21)24(27)34)28-17-3-5-18(6-4-17)31-9-7-19(8-10-31)32-11-13-33(14-12-32)20-15-35-16-20/h3-6,19-20H,2,7-16H2,1H3,(H2,27,34)(H,28,30). The third-order valence-corrected chi connectivity index (χ3v) is 7.75. The Morgan fingerprint density at radius 2 is 1.66 bits per heavy atom. The normalized spacial score (nSPS) is 20.6. The van der Waals surface area contributed by atoms with Gasteiger partial charge < -0.3 is 20.7 Å². The second-order valence-corrected chi connectivity index (χ2v) is 9.89. The van der Waals surface area contributed by atoms with E-state index in [0.29, 0.717) is 24.2 Å². The Kier molecular flexibility index (Phi) is 7.38. The SMILES string of the molecule is CCc1nc(C(N)=O)c(Nc2ccc(N3CCC(N4CCN(C5COC5)CC4)CC3)cc2)nc1Cl. The van der Waals surface area contributed by atoms with Crippen LogP contribution in [0.5, 0.6) is 0 Å². The monoisotopic (exact) mass is 499 g/mol. The number of piperazine rings is 1. The first kappa shape index (κ1) is 24.2. The highest BCUT2D eigenvalue weighted by Crippen LogP contribution is 2.27. The lowest BCUT2D eigenvalue weighted by atomic mass is 10.0. The molecule has 0 radical (unpaired) electrons. The van der Waals surface area contributed by atoms with Crippen LogP contribution in [0.25, 0.3) is 0 Å². The topological polar surface area (TPSA) is 99.8 Å². The number of ether oxygens (including phenoxy) is 1. The quantitative estimate of drug-likeness (QED) is 0.599. The fraction of sp³-hybridized carbons (Fsp3) is 0.560. The first-order valence-electron chi connectivity index (χ1n) is 12.6. The Hall–Kier alpha value is -2.46. The van der Waals surface area contributed by atoms with Gasteiger partial charge in [-0.15, -0.1) is 0 Å². The fourth-order valence-electron chi connectivity index (χ4n) is 5.22. The minimum absolute atomic E-state index is 0.0965. The molecular formula is C25H34ClN7O2. The van der Waals surface area contributed by atoms with Crippen molar-refractivity contribution >= 4 is 34.7 Å². The van der Waals surface area contributed by atoms with Crippen LogP contribution >= 0.6 is 11.6 Å². The van der Waals surface area contributed by atoms with Crippen LogP contribution in [0.15, 0.2) is 24.3 Å². The number of nitrogens with one attached hydrogen (secondary N) is 1. The summed E-state index contributed by atoms with van der Waals surface area (Å²) in [5.74, 6) is -0.359. The molecule has 3 aliphatic heterocycles. The number of aromatic nitrogens is 2. The number of benzene rings is 1. The predicted octanol–water partition coefficient (Wildman–Crippen LogP) is 2.52. The van der Waals surface area contributed by atoms with Crippen LogP contribution in [-0.2, 0) is 11.2 Å². The number of hydrogen-bond donors (Lipinski definition) is 2. The van der Waals surface area contributed by atoms with Crippen LogP contribution in [0.2, 0.25) is 5.15 Å². The molecule has 1 amide bonds. The van der Waals surface area contributed by atoms with E-state index < -0.39 is 5.91 Å². The molecule has 10 heteroatoms. The lowest BCUT2D eigenvalue weighted by Gasteiger charge is -2.46. The molecule has 5 rings (SSSR count). The summed E-state index contributed by atoms with van der Waals surface area (Å²) in [6.07, 6.45) is 2.95. The Labute approximate surface area is 211 Å². The molecule has 1 aromatic heterocycles. The van der Waals surface area contributed by atoms with Gasteiger partial charge in [0.2, 0.25) is 0 Å². The number of carbonyl (C=O) groups is 1. The van der Waals surface area contributed by atoms with Crippen molar-refractivity contribution in [1.29, 1.82) is 0 Å². The molecule has 9 nitrogen and oxygen atoms in total. The van der Waals surface area contributed by atoms with Crippen LogP contribution in [0, 0.1) is 0 Å². The second kappa shape index (κ2) is 10.7. The number of carbonyl (C=O) groups excluding carboxylic acids is 1. The largest absolute Gasteiger partial charge is 0.378 e. The molecule has 0 atom stereocenters. The zero-order chi connectivity index (χ0) is 24.4. The van der Waals surface area contributed by atoms with Crippen molar-refractivity contribution in [3.63, 3.8) is 0 Å². The van der Waals surface area contributed by atoms with E-state index in [1.54, 1.807) is 0 Å². The highest BCUT2D eigenvalue weighted by atomic mass is 35.5. The molecule has 3 aliphatic rings. The zero-order valence-electron chi connectivity index (χ0n) is 20.3. The van der Waals surface area contributed by atoms with Crippen LogP contribution < -0.4 is 16.0 Å². The average Bonchev–Trinajstić information content (AvgIpc) is 2.84. The van der Waals surface area contributed by atoms with Crippen LogP contribution in [0.3, 0.4) is 0 Å². The van der Waals surface area contributed by atoms with E-state index in [-0.39, 0.29) is 16.7 Å². The number of hydrogen-bond acceptors (Lipinski definition) is 8. The highest BCUT2D eigenvalue weighted by molar-refractivity contribution is 6.30. The smallest absolute Gasteiger partial charge is 0.271 e. The first-order valence-corrected chi connectivity index (χ1v) is 12.9. The van der Waals surface area contributed by atoms with Crippen molar-refractivity contribution in [1.82, 2.24) is 19.8 Å². The van der Waals surface area contributed by atoms with Gasteiger partial charge in [0.1, 0.15) is 0 Å². The molecule has 35 heavy (non-hydrogen) atoms. The molecule has 1 aromatic carbocycles. The summed E-state index contributed by atoms with van der Waals surface area (Å²) in [6.45, 7) is 10.5. The summed E-state index contributed by atoms with van der Waals surface area (Å²) >= 11 is 6.21. The van der Waals surface area contributed by atoms with E-state index in [2.05, 4.69) is 42.1 Å². The van der Waals surface area contributed by atoms with Crippen LogP contribution in [0.1, 0.15) is 35.9 Å². The molecule has 0 aliphatic carbocycles. The second-order valence-electron chi connectivity index (χ2n) is 9.53. The van der Waals surface area contributed by atoms with Crippen LogP contribution in [-0.4, -0.2) is 90.2 Å². The van der Waals surface area contributed by atoms with Crippen LogP contribution in [0.4, 0.5) is 17.2 Å². The Morgan fingerprint density at radius 3 is 2.20 bits per heavy atom. The highest BCUT2D eigenvalue weighted by Gasteiger charge is 2.32. The first-order chi connectivity index (χ1) is 17.0.